The van der Waals surface area contributed by atoms with Crippen LogP contribution in [0.3, 0.4) is 0 Å². The summed E-state index contributed by atoms with van der Waals surface area (Å²) in [6.07, 6.45) is 2.47. The van der Waals surface area contributed by atoms with Crippen molar-refractivity contribution in [3.05, 3.63) is 0 Å². The highest BCUT2D eigenvalue weighted by atomic mass is 127. The quantitative estimate of drug-likeness (QED) is 0.435. The van der Waals surface area contributed by atoms with E-state index in [9.17, 15) is 0 Å². The molecular weight excluding hydrogens is 379 g/mol. The number of hydrogen-bond donors (Lipinski definition) is 1. The highest BCUT2D eigenvalue weighted by molar-refractivity contribution is 14.0. The van der Waals surface area contributed by atoms with Gasteiger partial charge in [-0.05, 0) is 24.7 Å². The maximum atomic E-state index is 6.12. The van der Waals surface area contributed by atoms with Gasteiger partial charge in [-0.1, -0.05) is 13.8 Å². The molecule has 2 fully saturated rings. The number of halogens is 1. The second kappa shape index (κ2) is 9.84. The topological polar surface area (TPSA) is 54.1 Å². The Kier molecular flexibility index (Phi) is 8.89. The number of likely N-dealkylation sites (tertiary alicyclic amines) is 1. The van der Waals surface area contributed by atoms with Gasteiger partial charge in [-0.25, -0.2) is 0 Å². The lowest BCUT2D eigenvalue weighted by molar-refractivity contribution is 0.0323. The van der Waals surface area contributed by atoms with Crippen LogP contribution >= 0.6 is 24.0 Å². The summed E-state index contributed by atoms with van der Waals surface area (Å²) in [6.45, 7) is 12.4. The van der Waals surface area contributed by atoms with E-state index < -0.39 is 0 Å². The third kappa shape index (κ3) is 6.69. The Morgan fingerprint density at radius 3 is 2.48 bits per heavy atom. The first-order chi connectivity index (χ1) is 9.65. The third-order valence-corrected chi connectivity index (χ3v) is 4.35. The number of guanidine groups is 1. The minimum atomic E-state index is 0. The van der Waals surface area contributed by atoms with Crippen LogP contribution in [-0.4, -0.2) is 68.2 Å². The number of morpholine rings is 1. The van der Waals surface area contributed by atoms with Crippen LogP contribution in [0.4, 0.5) is 0 Å². The van der Waals surface area contributed by atoms with Crippen molar-refractivity contribution in [3.63, 3.8) is 0 Å². The highest BCUT2D eigenvalue weighted by Gasteiger charge is 2.17. The molecule has 0 aromatic heterocycles. The van der Waals surface area contributed by atoms with E-state index >= 15 is 0 Å². The Morgan fingerprint density at radius 1 is 1.24 bits per heavy atom. The molecule has 6 heteroatoms. The summed E-state index contributed by atoms with van der Waals surface area (Å²) in [6, 6.07) is 0. The van der Waals surface area contributed by atoms with Crippen molar-refractivity contribution in [2.75, 3.05) is 52.5 Å². The first kappa shape index (κ1) is 19.0. The normalized spacial score (nSPS) is 23.7. The lowest BCUT2D eigenvalue weighted by Gasteiger charge is -2.31. The summed E-state index contributed by atoms with van der Waals surface area (Å²) >= 11 is 0. The van der Waals surface area contributed by atoms with Gasteiger partial charge in [-0.15, -0.1) is 24.0 Å². The van der Waals surface area contributed by atoms with Gasteiger partial charge in [0, 0.05) is 39.3 Å². The smallest absolute Gasteiger partial charge is 0.191 e. The Bertz CT molecular complexity index is 313. The fourth-order valence-corrected chi connectivity index (χ4v) is 2.87. The summed E-state index contributed by atoms with van der Waals surface area (Å²) in [5.74, 6) is 2.13. The second-order valence-corrected chi connectivity index (χ2v) is 6.39. The standard InChI is InChI=1S/C15H30N4O.HI/c1-13-3-5-19(6-4-13)15(16)17-11-14(2)12-18-7-9-20-10-8-18;/h13-14H,3-12H2,1-2H3,(H2,16,17);1H. The number of piperidine rings is 1. The zero-order valence-corrected chi connectivity index (χ0v) is 15.8. The number of hydrogen-bond acceptors (Lipinski definition) is 3. The second-order valence-electron chi connectivity index (χ2n) is 6.39. The van der Waals surface area contributed by atoms with Crippen LogP contribution < -0.4 is 5.73 Å². The van der Waals surface area contributed by atoms with Crippen molar-refractivity contribution in [3.8, 4) is 0 Å². The van der Waals surface area contributed by atoms with Gasteiger partial charge in [0.1, 0.15) is 0 Å². The molecule has 0 aromatic rings. The lowest BCUT2D eigenvalue weighted by atomic mass is 10.00. The van der Waals surface area contributed by atoms with E-state index in [0.717, 1.165) is 64.4 Å². The van der Waals surface area contributed by atoms with E-state index in [-0.39, 0.29) is 24.0 Å². The van der Waals surface area contributed by atoms with Crippen LogP contribution in [0.15, 0.2) is 4.99 Å². The number of nitrogens with zero attached hydrogens (tertiary/aromatic N) is 3. The first-order valence-electron chi connectivity index (χ1n) is 8.00. The van der Waals surface area contributed by atoms with Crippen molar-refractivity contribution in [1.29, 1.82) is 0 Å². The molecule has 0 spiro atoms. The monoisotopic (exact) mass is 410 g/mol. The van der Waals surface area contributed by atoms with Crippen LogP contribution in [-0.2, 0) is 4.74 Å². The third-order valence-electron chi connectivity index (χ3n) is 4.35. The summed E-state index contributed by atoms with van der Waals surface area (Å²) in [7, 11) is 0. The van der Waals surface area contributed by atoms with Crippen molar-refractivity contribution in [2.24, 2.45) is 22.6 Å². The molecule has 124 valence electrons. The van der Waals surface area contributed by atoms with Gasteiger partial charge in [-0.2, -0.15) is 0 Å². The number of ether oxygens (including phenoxy) is 1. The fraction of sp³-hybridized carbons (Fsp3) is 0.933. The summed E-state index contributed by atoms with van der Waals surface area (Å²) in [4.78, 5) is 9.30. The maximum absolute atomic E-state index is 6.12. The zero-order chi connectivity index (χ0) is 14.4. The van der Waals surface area contributed by atoms with Crippen LogP contribution in [0, 0.1) is 11.8 Å². The van der Waals surface area contributed by atoms with E-state index in [1.165, 1.54) is 12.8 Å². The molecule has 2 aliphatic rings. The summed E-state index contributed by atoms with van der Waals surface area (Å²) in [5.41, 5.74) is 6.12. The molecule has 0 amide bonds. The Labute approximate surface area is 146 Å². The SMILES string of the molecule is CC1CCN(C(N)=NCC(C)CN2CCOCC2)CC1.I. The maximum Gasteiger partial charge on any atom is 0.191 e. The fourth-order valence-electron chi connectivity index (χ4n) is 2.87. The van der Waals surface area contributed by atoms with E-state index in [2.05, 4.69) is 28.6 Å². The summed E-state index contributed by atoms with van der Waals surface area (Å²) < 4.78 is 5.37. The number of rotatable bonds is 4. The molecule has 0 aliphatic carbocycles. The van der Waals surface area contributed by atoms with Gasteiger partial charge in [0.05, 0.1) is 13.2 Å². The lowest BCUT2D eigenvalue weighted by Crippen LogP contribution is -2.43. The molecule has 0 saturated carbocycles. The van der Waals surface area contributed by atoms with Gasteiger partial charge in [-0.3, -0.25) is 9.89 Å². The van der Waals surface area contributed by atoms with Gasteiger partial charge >= 0.3 is 0 Å². The van der Waals surface area contributed by atoms with Crippen molar-refractivity contribution in [1.82, 2.24) is 9.80 Å². The molecule has 2 rings (SSSR count). The molecule has 2 saturated heterocycles. The number of aliphatic imine (C=N–C) groups is 1. The molecule has 2 N–H and O–H groups in total. The largest absolute Gasteiger partial charge is 0.379 e. The molecule has 0 aromatic carbocycles. The van der Waals surface area contributed by atoms with E-state index in [1.807, 2.05) is 0 Å². The average molecular weight is 410 g/mol. The molecule has 1 atom stereocenters. The molecular formula is C15H31IN4O. The zero-order valence-electron chi connectivity index (χ0n) is 13.5. The van der Waals surface area contributed by atoms with Crippen LogP contribution in [0.1, 0.15) is 26.7 Å². The van der Waals surface area contributed by atoms with Crippen LogP contribution in [0.2, 0.25) is 0 Å². The highest BCUT2D eigenvalue weighted by Crippen LogP contribution is 2.15. The van der Waals surface area contributed by atoms with Gasteiger partial charge in [0.15, 0.2) is 5.96 Å². The molecule has 5 nitrogen and oxygen atoms in total. The predicted molar refractivity (Wildman–Crippen MR) is 98.3 cm³/mol. The Hall–Kier alpha value is -0.0800. The van der Waals surface area contributed by atoms with Crippen molar-refractivity contribution in [2.45, 2.75) is 26.7 Å². The van der Waals surface area contributed by atoms with Gasteiger partial charge < -0.3 is 15.4 Å². The van der Waals surface area contributed by atoms with Crippen LogP contribution in [0.5, 0.6) is 0 Å². The first-order valence-corrected chi connectivity index (χ1v) is 8.00. The van der Waals surface area contributed by atoms with E-state index in [0.29, 0.717) is 5.92 Å². The molecule has 2 heterocycles. The Morgan fingerprint density at radius 2 is 1.86 bits per heavy atom. The number of nitrogens with two attached hydrogens (primary N) is 1. The van der Waals surface area contributed by atoms with Crippen LogP contribution in [0.25, 0.3) is 0 Å². The van der Waals surface area contributed by atoms with Gasteiger partial charge in [0.25, 0.3) is 0 Å². The summed E-state index contributed by atoms with van der Waals surface area (Å²) in [5, 5.41) is 0. The van der Waals surface area contributed by atoms with Crippen molar-refractivity contribution >= 4 is 29.9 Å². The van der Waals surface area contributed by atoms with Crippen molar-refractivity contribution < 1.29 is 4.74 Å². The molecule has 0 bridgehead atoms. The predicted octanol–water partition coefficient (Wildman–Crippen LogP) is 1.62. The minimum absolute atomic E-state index is 0. The van der Waals surface area contributed by atoms with Gasteiger partial charge in [0.2, 0.25) is 0 Å². The average Bonchev–Trinajstić information content (AvgIpc) is 2.46. The Balaban J connectivity index is 0.00000220. The molecule has 21 heavy (non-hydrogen) atoms. The minimum Gasteiger partial charge on any atom is -0.379 e. The van der Waals surface area contributed by atoms with E-state index in [4.69, 9.17) is 10.5 Å². The molecule has 1 unspecified atom stereocenters. The van der Waals surface area contributed by atoms with E-state index in [1.54, 1.807) is 0 Å². The molecule has 0 radical (unpaired) electrons. The molecule has 2 aliphatic heterocycles.